The average Bonchev–Trinajstić information content (AvgIpc) is 3.54. The molecule has 3 aliphatic rings. The molecule has 0 unspecified atom stereocenters. The van der Waals surface area contributed by atoms with Crippen LogP contribution < -0.4 is 10.1 Å². The number of rotatable bonds is 6. The first-order valence-corrected chi connectivity index (χ1v) is 13.3. The molecule has 184 valence electrons. The van der Waals surface area contributed by atoms with Gasteiger partial charge in [0.15, 0.2) is 17.3 Å². The normalized spacial score (nSPS) is 22.7. The van der Waals surface area contributed by atoms with Crippen LogP contribution in [0.4, 0.5) is 0 Å². The van der Waals surface area contributed by atoms with E-state index >= 15 is 0 Å². The van der Waals surface area contributed by atoms with Crippen LogP contribution in [0.1, 0.15) is 74.6 Å². The highest BCUT2D eigenvalue weighted by Crippen LogP contribution is 2.47. The van der Waals surface area contributed by atoms with Gasteiger partial charge in [-0.1, -0.05) is 12.1 Å². The van der Waals surface area contributed by atoms with Crippen LogP contribution >= 0.6 is 11.3 Å². The Balaban J connectivity index is 1.57. The summed E-state index contributed by atoms with van der Waals surface area (Å²) >= 11 is 1.67. The first-order chi connectivity index (χ1) is 17.0. The zero-order valence-electron chi connectivity index (χ0n) is 20.1. The number of carbonyl (C=O) groups excluding carboxylic acids is 2. The summed E-state index contributed by atoms with van der Waals surface area (Å²) in [6.07, 6.45) is 4.90. The lowest BCUT2D eigenvalue weighted by molar-refractivity contribution is -0.144. The molecule has 1 saturated carbocycles. The van der Waals surface area contributed by atoms with Gasteiger partial charge in [0.1, 0.15) is 6.10 Å². The largest absolute Gasteiger partial charge is 0.504 e. The summed E-state index contributed by atoms with van der Waals surface area (Å²) in [4.78, 5) is 28.4. The van der Waals surface area contributed by atoms with Crippen molar-refractivity contribution in [2.45, 2.75) is 70.3 Å². The number of ketones is 1. The second kappa shape index (κ2) is 9.90. The smallest absolute Gasteiger partial charge is 0.337 e. The van der Waals surface area contributed by atoms with Crippen molar-refractivity contribution >= 4 is 23.1 Å². The molecule has 1 fully saturated rings. The molecular weight excluding hydrogens is 462 g/mol. The quantitative estimate of drug-likeness (QED) is 0.502. The molecule has 0 amide bonds. The molecule has 2 aromatic rings. The zero-order chi connectivity index (χ0) is 24.5. The van der Waals surface area contributed by atoms with Crippen molar-refractivity contribution in [2.75, 3.05) is 6.61 Å². The first-order valence-electron chi connectivity index (χ1n) is 12.4. The highest BCUT2D eigenvalue weighted by atomic mass is 32.1. The van der Waals surface area contributed by atoms with Crippen LogP contribution in [-0.4, -0.2) is 29.6 Å². The van der Waals surface area contributed by atoms with Gasteiger partial charge in [0.25, 0.3) is 0 Å². The lowest BCUT2D eigenvalue weighted by atomic mass is 9.72. The number of hydrogen-bond donors (Lipinski definition) is 2. The topological polar surface area (TPSA) is 84.9 Å². The van der Waals surface area contributed by atoms with E-state index in [2.05, 4.69) is 11.4 Å². The molecule has 2 N–H and O–H groups in total. The SMILES string of the molecule is CCOc1cc([C@@H]2C(C(=O)OC3CCCC3)=C(C)NC3=C2C(=O)C[C@H](c2cccs2)C3)ccc1O. The van der Waals surface area contributed by atoms with E-state index in [0.29, 0.717) is 42.0 Å². The van der Waals surface area contributed by atoms with Crippen molar-refractivity contribution in [1.29, 1.82) is 0 Å². The van der Waals surface area contributed by atoms with Crippen LogP contribution in [0.3, 0.4) is 0 Å². The highest BCUT2D eigenvalue weighted by molar-refractivity contribution is 7.10. The Morgan fingerprint density at radius 2 is 2.00 bits per heavy atom. The summed E-state index contributed by atoms with van der Waals surface area (Å²) in [6, 6.07) is 9.18. The summed E-state index contributed by atoms with van der Waals surface area (Å²) in [5.41, 5.74) is 3.40. The fourth-order valence-electron chi connectivity index (χ4n) is 5.57. The molecule has 0 bridgehead atoms. The average molecular weight is 494 g/mol. The van der Waals surface area contributed by atoms with Gasteiger partial charge >= 0.3 is 5.97 Å². The molecule has 7 heteroatoms. The van der Waals surface area contributed by atoms with E-state index in [1.807, 2.05) is 25.3 Å². The second-order valence-electron chi connectivity index (χ2n) is 9.50. The number of esters is 1. The van der Waals surface area contributed by atoms with Crippen molar-refractivity contribution in [3.05, 3.63) is 68.7 Å². The number of allylic oxidation sites excluding steroid dienone is 3. The molecule has 5 rings (SSSR count). The number of thiophene rings is 1. The number of ether oxygens (including phenoxy) is 2. The maximum absolute atomic E-state index is 13.7. The minimum absolute atomic E-state index is 0.0299. The third kappa shape index (κ3) is 4.61. The number of phenols is 1. The van der Waals surface area contributed by atoms with Crippen molar-refractivity contribution in [3.8, 4) is 11.5 Å². The molecule has 6 nitrogen and oxygen atoms in total. The highest BCUT2D eigenvalue weighted by Gasteiger charge is 2.42. The second-order valence-corrected chi connectivity index (χ2v) is 10.5. The number of dihydropyridines is 1. The van der Waals surface area contributed by atoms with Gasteiger partial charge in [-0.15, -0.1) is 11.3 Å². The lowest BCUT2D eigenvalue weighted by Crippen LogP contribution is -2.36. The van der Waals surface area contributed by atoms with Gasteiger partial charge in [0.2, 0.25) is 0 Å². The van der Waals surface area contributed by atoms with E-state index in [0.717, 1.165) is 36.9 Å². The third-order valence-corrected chi connectivity index (χ3v) is 8.22. The van der Waals surface area contributed by atoms with Gasteiger partial charge in [-0.05, 0) is 75.1 Å². The number of Topliss-reactive ketones (excluding diaryl/α,β-unsaturated/α-hetero) is 1. The number of carbonyl (C=O) groups is 2. The van der Waals surface area contributed by atoms with Crippen LogP contribution in [0.5, 0.6) is 11.5 Å². The Kier molecular flexibility index (Phi) is 6.69. The number of phenolic OH excluding ortho intramolecular Hbond substituents is 1. The summed E-state index contributed by atoms with van der Waals surface area (Å²) in [7, 11) is 0. The Hall–Kier alpha value is -3.06. The van der Waals surface area contributed by atoms with E-state index < -0.39 is 5.92 Å². The molecule has 1 aromatic carbocycles. The predicted molar refractivity (Wildman–Crippen MR) is 135 cm³/mol. The standard InChI is InChI=1S/C28H31NO5S/c1-3-33-23-15-17(10-11-21(23)30)26-25(28(32)34-19-7-4-5-8-19)16(2)29-20-13-18(14-22(31)27(20)26)24-9-6-12-35-24/h6,9-12,15,18-19,26,29-30H,3-5,7-8,13-14H2,1-2H3/t18-,26-/m1/s1. The number of aromatic hydroxyl groups is 1. The summed E-state index contributed by atoms with van der Waals surface area (Å²) < 4.78 is 11.5. The van der Waals surface area contributed by atoms with E-state index in [-0.39, 0.29) is 29.5 Å². The maximum atomic E-state index is 13.7. The van der Waals surface area contributed by atoms with Gasteiger partial charge in [-0.3, -0.25) is 4.79 Å². The van der Waals surface area contributed by atoms with E-state index in [9.17, 15) is 14.7 Å². The van der Waals surface area contributed by atoms with Crippen molar-refractivity contribution < 1.29 is 24.2 Å². The fraction of sp³-hybridized carbons (Fsp3) is 0.429. The summed E-state index contributed by atoms with van der Waals surface area (Å²) in [6.45, 7) is 4.12. The molecular formula is C28H31NO5S. The molecule has 1 aliphatic heterocycles. The monoisotopic (exact) mass is 493 g/mol. The van der Waals surface area contributed by atoms with E-state index in [1.165, 1.54) is 4.88 Å². The minimum Gasteiger partial charge on any atom is -0.504 e. The van der Waals surface area contributed by atoms with Crippen LogP contribution in [0, 0.1) is 0 Å². The number of hydrogen-bond acceptors (Lipinski definition) is 7. The van der Waals surface area contributed by atoms with Crippen LogP contribution in [-0.2, 0) is 14.3 Å². The fourth-order valence-corrected chi connectivity index (χ4v) is 6.40. The van der Waals surface area contributed by atoms with Gasteiger partial charge < -0.3 is 19.9 Å². The first kappa shape index (κ1) is 23.7. The van der Waals surface area contributed by atoms with Crippen LogP contribution in [0.2, 0.25) is 0 Å². The Morgan fingerprint density at radius 1 is 1.20 bits per heavy atom. The summed E-state index contributed by atoms with van der Waals surface area (Å²) in [5.74, 6) is -0.428. The Bertz CT molecular complexity index is 1190. The molecule has 0 radical (unpaired) electrons. The molecule has 2 aliphatic carbocycles. The van der Waals surface area contributed by atoms with Crippen molar-refractivity contribution in [1.82, 2.24) is 5.32 Å². The Labute approximate surface area is 209 Å². The van der Waals surface area contributed by atoms with Crippen LogP contribution in [0.25, 0.3) is 0 Å². The molecule has 1 aromatic heterocycles. The Morgan fingerprint density at radius 3 is 2.71 bits per heavy atom. The lowest BCUT2D eigenvalue weighted by Gasteiger charge is -2.36. The van der Waals surface area contributed by atoms with Gasteiger partial charge in [-0.2, -0.15) is 0 Å². The van der Waals surface area contributed by atoms with E-state index in [4.69, 9.17) is 9.47 Å². The van der Waals surface area contributed by atoms with Gasteiger partial charge in [0.05, 0.1) is 12.2 Å². The minimum atomic E-state index is -0.572. The predicted octanol–water partition coefficient (Wildman–Crippen LogP) is 5.70. The van der Waals surface area contributed by atoms with Gasteiger partial charge in [-0.25, -0.2) is 4.79 Å². The van der Waals surface area contributed by atoms with Crippen molar-refractivity contribution in [2.24, 2.45) is 0 Å². The van der Waals surface area contributed by atoms with Gasteiger partial charge in [0, 0.05) is 40.1 Å². The molecule has 2 atom stereocenters. The number of benzene rings is 1. The molecule has 35 heavy (non-hydrogen) atoms. The zero-order valence-corrected chi connectivity index (χ0v) is 21.0. The van der Waals surface area contributed by atoms with Crippen molar-refractivity contribution in [3.63, 3.8) is 0 Å². The molecule has 0 spiro atoms. The molecule has 2 heterocycles. The maximum Gasteiger partial charge on any atom is 0.337 e. The third-order valence-electron chi connectivity index (χ3n) is 7.19. The summed E-state index contributed by atoms with van der Waals surface area (Å²) in [5, 5.41) is 15.7. The van der Waals surface area contributed by atoms with E-state index in [1.54, 1.807) is 29.5 Å². The number of nitrogens with one attached hydrogen (secondary N) is 1. The molecule has 0 saturated heterocycles. The van der Waals surface area contributed by atoms with Crippen LogP contribution in [0.15, 0.2) is 58.3 Å².